The molecule has 0 atom stereocenters. The molecule has 3 nitrogen and oxygen atoms in total. The number of rotatable bonds is 2. The van der Waals surface area contributed by atoms with Crippen LogP contribution in [0.15, 0.2) is 16.0 Å². The number of hydrogen-bond donors (Lipinski definition) is 1. The highest BCUT2D eigenvalue weighted by molar-refractivity contribution is 9.10. The zero-order chi connectivity index (χ0) is 11.7. The van der Waals surface area contributed by atoms with Gasteiger partial charge in [0.05, 0.1) is 20.9 Å². The topological polar surface area (TPSA) is 42.0 Å². The van der Waals surface area contributed by atoms with Gasteiger partial charge in [-0.15, -0.1) is 22.9 Å². The molecule has 1 aromatic heterocycles. The van der Waals surface area contributed by atoms with E-state index in [1.807, 2.05) is 0 Å². The van der Waals surface area contributed by atoms with Gasteiger partial charge in [0, 0.05) is 4.47 Å². The fraction of sp³-hybridized carbons (Fsp3) is 0.111. The number of thiazole rings is 1. The van der Waals surface area contributed by atoms with Crippen LogP contribution >= 0.6 is 50.5 Å². The number of carbonyl (C=O) groups excluding carboxylic acids is 1. The molecule has 1 heterocycles. The van der Waals surface area contributed by atoms with Crippen molar-refractivity contribution in [1.29, 1.82) is 0 Å². The van der Waals surface area contributed by atoms with Crippen molar-refractivity contribution in [3.8, 4) is 0 Å². The quantitative estimate of drug-likeness (QED) is 0.843. The summed E-state index contributed by atoms with van der Waals surface area (Å²) in [5.41, 5.74) is 2.87. The predicted octanol–water partition coefficient (Wildman–Crippen LogP) is 3.89. The first-order chi connectivity index (χ1) is 7.63. The summed E-state index contributed by atoms with van der Waals surface area (Å²) in [7, 11) is 0. The number of benzene rings is 1. The maximum Gasteiger partial charge on any atom is 0.239 e. The molecule has 0 saturated heterocycles. The van der Waals surface area contributed by atoms with Crippen molar-refractivity contribution in [3.05, 3.63) is 21.1 Å². The number of alkyl halides is 1. The Morgan fingerprint density at radius 3 is 3.06 bits per heavy atom. The fourth-order valence-electron chi connectivity index (χ4n) is 1.25. The van der Waals surface area contributed by atoms with Crippen molar-refractivity contribution in [2.24, 2.45) is 0 Å². The van der Waals surface area contributed by atoms with Crippen LogP contribution in [0.1, 0.15) is 0 Å². The van der Waals surface area contributed by atoms with Gasteiger partial charge >= 0.3 is 0 Å². The van der Waals surface area contributed by atoms with E-state index in [1.54, 1.807) is 11.6 Å². The smallest absolute Gasteiger partial charge is 0.239 e. The minimum absolute atomic E-state index is 0.113. The molecule has 7 heteroatoms. The molecule has 0 bridgehead atoms. The second kappa shape index (κ2) is 4.87. The van der Waals surface area contributed by atoms with Gasteiger partial charge < -0.3 is 5.32 Å². The number of nitrogens with zero attached hydrogens (tertiary/aromatic N) is 1. The Morgan fingerprint density at radius 2 is 2.38 bits per heavy atom. The predicted molar refractivity (Wildman–Crippen MR) is 71.7 cm³/mol. The van der Waals surface area contributed by atoms with Crippen LogP contribution in [0.5, 0.6) is 0 Å². The number of aromatic nitrogens is 1. The number of nitrogens with one attached hydrogen (secondary N) is 1. The third-order valence-electron chi connectivity index (χ3n) is 1.90. The molecule has 0 fully saturated rings. The van der Waals surface area contributed by atoms with Crippen molar-refractivity contribution in [2.45, 2.75) is 0 Å². The summed E-state index contributed by atoms with van der Waals surface area (Å²) in [5.74, 6) is -0.418. The number of anilines is 1. The fourth-order valence-corrected chi connectivity index (χ4v) is 3.09. The Morgan fingerprint density at radius 1 is 1.62 bits per heavy atom. The third kappa shape index (κ3) is 2.18. The molecule has 0 aliphatic rings. The van der Waals surface area contributed by atoms with Crippen LogP contribution in [-0.4, -0.2) is 16.8 Å². The molecule has 1 N–H and O–H groups in total. The van der Waals surface area contributed by atoms with Crippen LogP contribution in [0.25, 0.3) is 10.2 Å². The summed E-state index contributed by atoms with van der Waals surface area (Å²) in [6.07, 6.45) is 0. The standard InChI is InChI=1S/C9H5BrCl2N2OS/c10-4-1-5(12)7(14-6(15)2-11)8-9(4)16-3-13-8/h1,3H,2H2,(H,14,15). The van der Waals surface area contributed by atoms with Crippen molar-refractivity contribution in [3.63, 3.8) is 0 Å². The minimum Gasteiger partial charge on any atom is -0.322 e. The molecule has 2 rings (SSSR count). The van der Waals surface area contributed by atoms with Crippen LogP contribution in [0.3, 0.4) is 0 Å². The molecule has 0 spiro atoms. The average Bonchev–Trinajstić information content (AvgIpc) is 2.73. The molecule has 84 valence electrons. The maximum atomic E-state index is 11.2. The molecule has 0 aliphatic heterocycles. The normalized spacial score (nSPS) is 10.7. The number of hydrogen-bond acceptors (Lipinski definition) is 3. The van der Waals surface area contributed by atoms with Gasteiger partial charge in [0.1, 0.15) is 11.4 Å². The lowest BCUT2D eigenvalue weighted by Crippen LogP contribution is -2.13. The summed E-state index contributed by atoms with van der Waals surface area (Å²) in [4.78, 5) is 15.4. The number of halogens is 3. The van der Waals surface area contributed by atoms with Gasteiger partial charge in [-0.05, 0) is 22.0 Å². The number of carbonyl (C=O) groups is 1. The second-order valence-corrected chi connectivity index (χ2v) is 5.31. The van der Waals surface area contributed by atoms with E-state index < -0.39 is 0 Å². The van der Waals surface area contributed by atoms with E-state index in [2.05, 4.69) is 26.2 Å². The van der Waals surface area contributed by atoms with E-state index in [1.165, 1.54) is 11.3 Å². The molecule has 0 radical (unpaired) electrons. The van der Waals surface area contributed by atoms with Gasteiger partial charge in [-0.3, -0.25) is 4.79 Å². The largest absolute Gasteiger partial charge is 0.322 e. The lowest BCUT2D eigenvalue weighted by atomic mass is 10.3. The van der Waals surface area contributed by atoms with Gasteiger partial charge in [0.25, 0.3) is 0 Å². The van der Waals surface area contributed by atoms with E-state index in [9.17, 15) is 4.79 Å². The van der Waals surface area contributed by atoms with Gasteiger partial charge in [0.15, 0.2) is 0 Å². The Hall–Kier alpha value is -0.360. The number of amides is 1. The van der Waals surface area contributed by atoms with E-state index in [4.69, 9.17) is 23.2 Å². The van der Waals surface area contributed by atoms with Crippen molar-refractivity contribution in [1.82, 2.24) is 4.98 Å². The van der Waals surface area contributed by atoms with Gasteiger partial charge in [0.2, 0.25) is 5.91 Å². The molecule has 16 heavy (non-hydrogen) atoms. The summed E-state index contributed by atoms with van der Waals surface area (Å²) < 4.78 is 1.80. The van der Waals surface area contributed by atoms with Crippen LogP contribution in [-0.2, 0) is 4.79 Å². The van der Waals surface area contributed by atoms with E-state index in [0.29, 0.717) is 16.2 Å². The molecule has 0 unspecified atom stereocenters. The van der Waals surface area contributed by atoms with Crippen molar-refractivity contribution < 1.29 is 4.79 Å². The second-order valence-electron chi connectivity index (χ2n) is 2.93. The maximum absolute atomic E-state index is 11.2. The monoisotopic (exact) mass is 338 g/mol. The zero-order valence-electron chi connectivity index (χ0n) is 7.76. The summed E-state index contributed by atoms with van der Waals surface area (Å²) in [6, 6.07) is 1.73. The summed E-state index contributed by atoms with van der Waals surface area (Å²) in [6.45, 7) is 0. The van der Waals surface area contributed by atoms with Crippen LogP contribution in [0, 0.1) is 0 Å². The first-order valence-corrected chi connectivity index (χ1v) is 6.79. The average molecular weight is 340 g/mol. The molecule has 0 aliphatic carbocycles. The van der Waals surface area contributed by atoms with Crippen molar-refractivity contribution >= 4 is 72.3 Å². The van der Waals surface area contributed by atoms with Crippen LogP contribution in [0.4, 0.5) is 5.69 Å². The first-order valence-electron chi connectivity index (χ1n) is 4.20. The Balaban J connectivity index is 2.59. The summed E-state index contributed by atoms with van der Waals surface area (Å²) >= 11 is 16.3. The van der Waals surface area contributed by atoms with E-state index >= 15 is 0 Å². The zero-order valence-corrected chi connectivity index (χ0v) is 11.7. The lowest BCUT2D eigenvalue weighted by Gasteiger charge is -2.07. The van der Waals surface area contributed by atoms with Gasteiger partial charge in [-0.1, -0.05) is 11.6 Å². The van der Waals surface area contributed by atoms with Gasteiger partial charge in [-0.2, -0.15) is 0 Å². The highest BCUT2D eigenvalue weighted by Crippen LogP contribution is 2.37. The Kier molecular flexibility index (Phi) is 3.69. The Bertz CT molecular complexity index is 558. The molecular weight excluding hydrogens is 335 g/mol. The minimum atomic E-state index is -0.305. The van der Waals surface area contributed by atoms with E-state index in [-0.39, 0.29) is 11.8 Å². The van der Waals surface area contributed by atoms with Crippen LogP contribution < -0.4 is 5.32 Å². The molecule has 2 aromatic rings. The summed E-state index contributed by atoms with van der Waals surface area (Å²) in [5, 5.41) is 3.07. The van der Waals surface area contributed by atoms with E-state index in [0.717, 1.165) is 9.17 Å². The molecular formula is C9H5BrCl2N2OS. The van der Waals surface area contributed by atoms with Crippen molar-refractivity contribution in [2.75, 3.05) is 11.2 Å². The molecule has 0 saturated carbocycles. The molecule has 1 aromatic carbocycles. The SMILES string of the molecule is O=C(CCl)Nc1c(Cl)cc(Br)c2scnc12. The first kappa shape index (κ1) is 12.1. The van der Waals surface area contributed by atoms with Crippen LogP contribution in [0.2, 0.25) is 5.02 Å². The van der Waals surface area contributed by atoms with Gasteiger partial charge in [-0.25, -0.2) is 4.98 Å². The Labute approximate surface area is 114 Å². The lowest BCUT2D eigenvalue weighted by molar-refractivity contribution is -0.113. The highest BCUT2D eigenvalue weighted by Gasteiger charge is 2.14. The molecule has 1 amide bonds. The number of fused-ring (bicyclic) bond motifs is 1. The third-order valence-corrected chi connectivity index (χ3v) is 4.19. The highest BCUT2D eigenvalue weighted by atomic mass is 79.9.